The fourth-order valence-electron chi connectivity index (χ4n) is 2.02. The van der Waals surface area contributed by atoms with Crippen molar-refractivity contribution in [2.75, 3.05) is 0 Å². The molecule has 0 fully saturated rings. The molecule has 0 aliphatic carbocycles. The first-order valence-corrected chi connectivity index (χ1v) is 7.06. The van der Waals surface area contributed by atoms with E-state index >= 15 is 0 Å². The maximum absolute atomic E-state index is 12.4. The molecule has 0 bridgehead atoms. The third-order valence-electron chi connectivity index (χ3n) is 2.53. The van der Waals surface area contributed by atoms with E-state index in [9.17, 15) is 4.21 Å². The zero-order chi connectivity index (χ0) is 12.1. The standard InChI is InChI=1S/C13H22OS/c1-12(2,3)10-8-9-15(7,14)11(10)13(4,5)6/h8-9H,7H2,1-6H3. The molecule has 86 valence electrons. The van der Waals surface area contributed by atoms with Gasteiger partial charge in [0.15, 0.2) is 0 Å². The Morgan fingerprint density at radius 1 is 1.07 bits per heavy atom. The molecule has 0 saturated carbocycles. The SMILES string of the molecule is C=S1(=O)C=CC(C(C)(C)C)=C1C(C)(C)C. The molecule has 1 nitrogen and oxygen atoms in total. The molecule has 1 aliphatic heterocycles. The Hall–Kier alpha value is -0.500. The highest BCUT2D eigenvalue weighted by Crippen LogP contribution is 2.44. The summed E-state index contributed by atoms with van der Waals surface area (Å²) in [6.07, 6.45) is 2.00. The summed E-state index contributed by atoms with van der Waals surface area (Å²) in [6, 6.07) is 0. The summed E-state index contributed by atoms with van der Waals surface area (Å²) < 4.78 is 12.4. The van der Waals surface area contributed by atoms with Crippen LogP contribution >= 0.6 is 0 Å². The lowest BCUT2D eigenvalue weighted by Gasteiger charge is -2.29. The molecule has 0 radical (unpaired) electrons. The van der Waals surface area contributed by atoms with Crippen LogP contribution in [0.25, 0.3) is 0 Å². The second-order valence-electron chi connectivity index (χ2n) is 6.27. The summed E-state index contributed by atoms with van der Waals surface area (Å²) >= 11 is 0. The van der Waals surface area contributed by atoms with Gasteiger partial charge in [-0.3, -0.25) is 4.21 Å². The monoisotopic (exact) mass is 226 g/mol. The number of hydrogen-bond donors (Lipinski definition) is 0. The highest BCUT2D eigenvalue weighted by atomic mass is 32.2. The summed E-state index contributed by atoms with van der Waals surface area (Å²) in [7, 11) is -2.18. The molecule has 1 atom stereocenters. The lowest BCUT2D eigenvalue weighted by molar-refractivity contribution is 0.473. The van der Waals surface area contributed by atoms with Gasteiger partial charge in [0.1, 0.15) is 0 Å². The van der Waals surface area contributed by atoms with Crippen molar-refractivity contribution in [2.45, 2.75) is 41.5 Å². The van der Waals surface area contributed by atoms with Crippen molar-refractivity contribution in [3.63, 3.8) is 0 Å². The molecule has 0 N–H and O–H groups in total. The van der Waals surface area contributed by atoms with Gasteiger partial charge in [0.05, 0.1) is 0 Å². The van der Waals surface area contributed by atoms with E-state index in [1.165, 1.54) is 5.57 Å². The fourth-order valence-corrected chi connectivity index (χ4v) is 4.30. The average molecular weight is 226 g/mol. The minimum atomic E-state index is -2.18. The smallest absolute Gasteiger partial charge is 0.0211 e. The molecule has 0 spiro atoms. The van der Waals surface area contributed by atoms with Gasteiger partial charge in [-0.25, -0.2) is 0 Å². The zero-order valence-electron chi connectivity index (χ0n) is 10.7. The predicted octanol–water partition coefficient (Wildman–Crippen LogP) is 3.58. The van der Waals surface area contributed by atoms with Crippen molar-refractivity contribution in [2.24, 2.45) is 10.8 Å². The molecule has 2 heteroatoms. The van der Waals surface area contributed by atoms with Crippen LogP contribution in [0.5, 0.6) is 0 Å². The molecular weight excluding hydrogens is 204 g/mol. The molecule has 15 heavy (non-hydrogen) atoms. The van der Waals surface area contributed by atoms with Crippen LogP contribution in [0.2, 0.25) is 0 Å². The molecule has 1 heterocycles. The van der Waals surface area contributed by atoms with E-state index in [1.54, 1.807) is 5.41 Å². The number of allylic oxidation sites excluding steroid dienone is 3. The molecule has 0 saturated heterocycles. The number of rotatable bonds is 0. The summed E-state index contributed by atoms with van der Waals surface area (Å²) in [5.74, 6) is 3.86. The lowest BCUT2D eigenvalue weighted by atomic mass is 9.81. The van der Waals surface area contributed by atoms with Gasteiger partial charge in [0.2, 0.25) is 0 Å². The van der Waals surface area contributed by atoms with Crippen molar-refractivity contribution in [3.05, 3.63) is 22.0 Å². The molecule has 0 aromatic heterocycles. The first-order chi connectivity index (χ1) is 6.46. The Labute approximate surface area is 94.3 Å². The van der Waals surface area contributed by atoms with Crippen LogP contribution in [0, 0.1) is 10.8 Å². The third-order valence-corrected chi connectivity index (χ3v) is 4.63. The zero-order valence-corrected chi connectivity index (χ0v) is 11.5. The van der Waals surface area contributed by atoms with Crippen molar-refractivity contribution in [1.29, 1.82) is 0 Å². The minimum Gasteiger partial charge on any atom is -0.259 e. The molecule has 0 aromatic carbocycles. The van der Waals surface area contributed by atoms with Crippen molar-refractivity contribution < 1.29 is 4.21 Å². The third kappa shape index (κ3) is 2.36. The van der Waals surface area contributed by atoms with Gasteiger partial charge in [-0.1, -0.05) is 41.5 Å². The van der Waals surface area contributed by atoms with Gasteiger partial charge in [0.25, 0.3) is 0 Å². The maximum Gasteiger partial charge on any atom is 0.0211 e. The first-order valence-electron chi connectivity index (χ1n) is 5.27. The Morgan fingerprint density at radius 3 is 1.80 bits per heavy atom. The Balaban J connectivity index is 3.51. The Bertz CT molecular complexity index is 420. The van der Waals surface area contributed by atoms with E-state index < -0.39 is 9.52 Å². The van der Waals surface area contributed by atoms with Gasteiger partial charge in [-0.15, -0.1) is 0 Å². The van der Waals surface area contributed by atoms with E-state index in [1.807, 2.05) is 6.08 Å². The van der Waals surface area contributed by atoms with E-state index in [0.29, 0.717) is 0 Å². The first kappa shape index (κ1) is 12.6. The van der Waals surface area contributed by atoms with Gasteiger partial charge in [-0.2, -0.15) is 0 Å². The van der Waals surface area contributed by atoms with Gasteiger partial charge in [-0.05, 0) is 33.8 Å². The molecular formula is C13H22OS. The van der Waals surface area contributed by atoms with Crippen molar-refractivity contribution in [3.8, 4) is 0 Å². The molecule has 0 aromatic rings. The van der Waals surface area contributed by atoms with Crippen LogP contribution in [-0.2, 0) is 9.52 Å². The highest BCUT2D eigenvalue weighted by molar-refractivity contribution is 8.06. The quantitative estimate of drug-likeness (QED) is 0.577. The van der Waals surface area contributed by atoms with Gasteiger partial charge in [0, 0.05) is 14.4 Å². The topological polar surface area (TPSA) is 17.1 Å². The fraction of sp³-hybridized carbons (Fsp3) is 0.615. The Kier molecular flexibility index (Phi) is 2.72. The molecule has 1 aliphatic rings. The summed E-state index contributed by atoms with van der Waals surface area (Å²) in [6.45, 7) is 12.8. The highest BCUT2D eigenvalue weighted by Gasteiger charge is 2.34. The van der Waals surface area contributed by atoms with E-state index in [-0.39, 0.29) is 10.8 Å². The summed E-state index contributed by atoms with van der Waals surface area (Å²) in [5, 5.41) is 1.77. The molecule has 1 unspecified atom stereocenters. The predicted molar refractivity (Wildman–Crippen MR) is 70.3 cm³/mol. The van der Waals surface area contributed by atoms with Crippen LogP contribution in [0.1, 0.15) is 41.5 Å². The summed E-state index contributed by atoms with van der Waals surface area (Å²) in [5.41, 5.74) is 1.15. The molecule has 1 rings (SSSR count). The van der Waals surface area contributed by atoms with Crippen LogP contribution < -0.4 is 0 Å². The van der Waals surface area contributed by atoms with Crippen molar-refractivity contribution >= 4 is 15.4 Å². The van der Waals surface area contributed by atoms with Crippen LogP contribution in [0.3, 0.4) is 0 Å². The van der Waals surface area contributed by atoms with E-state index in [2.05, 4.69) is 47.4 Å². The lowest BCUT2D eigenvalue weighted by Crippen LogP contribution is -2.20. The largest absolute Gasteiger partial charge is 0.259 e. The second-order valence-corrected chi connectivity index (χ2v) is 8.40. The van der Waals surface area contributed by atoms with E-state index in [0.717, 1.165) is 4.91 Å². The molecule has 0 amide bonds. The summed E-state index contributed by atoms with van der Waals surface area (Å²) in [4.78, 5) is 1.02. The van der Waals surface area contributed by atoms with Gasteiger partial charge < -0.3 is 0 Å². The normalized spacial score (nSPS) is 27.6. The second kappa shape index (κ2) is 3.24. The van der Waals surface area contributed by atoms with Gasteiger partial charge >= 0.3 is 0 Å². The Morgan fingerprint density at radius 2 is 1.53 bits per heavy atom. The van der Waals surface area contributed by atoms with E-state index in [4.69, 9.17) is 0 Å². The maximum atomic E-state index is 12.4. The van der Waals surface area contributed by atoms with Crippen LogP contribution in [0.15, 0.2) is 22.0 Å². The number of hydrogen-bond acceptors (Lipinski definition) is 1. The average Bonchev–Trinajstić information content (AvgIpc) is 2.21. The minimum absolute atomic E-state index is 0.0377. The van der Waals surface area contributed by atoms with Crippen molar-refractivity contribution in [1.82, 2.24) is 0 Å². The van der Waals surface area contributed by atoms with Crippen LogP contribution in [-0.4, -0.2) is 10.1 Å². The van der Waals surface area contributed by atoms with Crippen LogP contribution in [0.4, 0.5) is 0 Å².